The normalized spacial score (nSPS) is 34.5. The highest BCUT2D eigenvalue weighted by Crippen LogP contribution is 2.59. The summed E-state index contributed by atoms with van der Waals surface area (Å²) >= 11 is 0. The van der Waals surface area contributed by atoms with Gasteiger partial charge in [-0.25, -0.2) is 0 Å². The van der Waals surface area contributed by atoms with Gasteiger partial charge in [-0.1, -0.05) is 0 Å². The lowest BCUT2D eigenvalue weighted by atomic mass is 9.69. The van der Waals surface area contributed by atoms with Crippen LogP contribution in [0.2, 0.25) is 0 Å². The first-order valence-corrected chi connectivity index (χ1v) is 8.61. The van der Waals surface area contributed by atoms with Crippen molar-refractivity contribution in [2.24, 2.45) is 0 Å². The first-order valence-electron chi connectivity index (χ1n) is 8.61. The fourth-order valence-corrected chi connectivity index (χ4v) is 4.96. The van der Waals surface area contributed by atoms with Gasteiger partial charge in [-0.15, -0.1) is 0 Å². The molecule has 0 N–H and O–H groups in total. The second kappa shape index (κ2) is 4.99. The zero-order valence-corrected chi connectivity index (χ0v) is 14.6. The largest absolute Gasteiger partial charge is 0.493 e. The Labute approximate surface area is 146 Å². The summed E-state index contributed by atoms with van der Waals surface area (Å²) in [5.41, 5.74) is 2.90. The van der Waals surface area contributed by atoms with Gasteiger partial charge in [-0.2, -0.15) is 0 Å². The van der Waals surface area contributed by atoms with E-state index in [0.29, 0.717) is 18.7 Å². The molecule has 4 aliphatic rings. The number of carbonyl (C=O) groups excluding carboxylic acids is 1. The average Bonchev–Trinajstić information content (AvgIpc) is 3.37. The Hall–Kier alpha value is -2.05. The molecule has 1 saturated carbocycles. The molecule has 0 bridgehead atoms. The maximum absolute atomic E-state index is 12.7. The maximum atomic E-state index is 12.7. The van der Waals surface area contributed by atoms with Gasteiger partial charge in [0.25, 0.3) is 0 Å². The highest BCUT2D eigenvalue weighted by Gasteiger charge is 2.66. The third-order valence-electron chi connectivity index (χ3n) is 6.14. The molecule has 1 aromatic rings. The van der Waals surface area contributed by atoms with Gasteiger partial charge in [0, 0.05) is 26.2 Å². The Kier molecular flexibility index (Phi) is 3.04. The van der Waals surface area contributed by atoms with E-state index in [1.807, 2.05) is 17.0 Å². The number of hydrogen-bond donors (Lipinski definition) is 0. The summed E-state index contributed by atoms with van der Waals surface area (Å²) in [6, 6.07) is 4.07. The molecule has 3 heterocycles. The molecule has 1 aromatic carbocycles. The van der Waals surface area contributed by atoms with E-state index in [2.05, 4.69) is 0 Å². The van der Waals surface area contributed by atoms with Crippen LogP contribution in [-0.2, 0) is 26.2 Å². The number of rotatable bonds is 3. The number of benzene rings is 1. The molecule has 3 aliphatic heterocycles. The molecular formula is C19H21NO5. The van der Waals surface area contributed by atoms with Crippen LogP contribution >= 0.6 is 0 Å². The van der Waals surface area contributed by atoms with Gasteiger partial charge in [-0.05, 0) is 35.3 Å². The number of fused-ring (bicyclic) bond motifs is 3. The molecule has 1 aliphatic carbocycles. The van der Waals surface area contributed by atoms with Crippen LogP contribution < -0.4 is 9.47 Å². The molecular weight excluding hydrogens is 322 g/mol. The minimum atomic E-state index is -0.484. The predicted molar refractivity (Wildman–Crippen MR) is 88.8 cm³/mol. The Morgan fingerprint density at radius 3 is 2.68 bits per heavy atom. The molecule has 132 valence electrons. The molecule has 6 nitrogen and oxygen atoms in total. The predicted octanol–water partition coefficient (Wildman–Crippen LogP) is 1.41. The number of amides is 1. The number of nitrogens with zero attached hydrogens (tertiary/aromatic N) is 1. The molecule has 0 aromatic heterocycles. The lowest BCUT2D eigenvalue weighted by Crippen LogP contribution is -2.55. The van der Waals surface area contributed by atoms with Crippen molar-refractivity contribution in [2.45, 2.75) is 36.7 Å². The molecule has 1 saturated heterocycles. The van der Waals surface area contributed by atoms with E-state index in [1.54, 1.807) is 27.4 Å². The summed E-state index contributed by atoms with van der Waals surface area (Å²) in [7, 11) is 5.00. The molecule has 2 fully saturated rings. The van der Waals surface area contributed by atoms with Crippen LogP contribution in [0, 0.1) is 0 Å². The second-order valence-corrected chi connectivity index (χ2v) is 7.06. The molecule has 25 heavy (non-hydrogen) atoms. The number of carbonyl (C=O) groups is 1. The van der Waals surface area contributed by atoms with E-state index < -0.39 is 5.54 Å². The fraction of sp³-hybridized carbons (Fsp3) is 0.526. The zero-order valence-electron chi connectivity index (χ0n) is 14.6. The molecule has 4 atom stereocenters. The van der Waals surface area contributed by atoms with Crippen LogP contribution in [0.25, 0.3) is 0 Å². The van der Waals surface area contributed by atoms with Gasteiger partial charge in [0.15, 0.2) is 11.5 Å². The van der Waals surface area contributed by atoms with Crippen LogP contribution in [0.1, 0.15) is 17.5 Å². The standard InChI is InChI=1S/C19H21NO5/c1-22-13-6-10-4-5-20-16(21)8-12-17-18(25-17)15(24-3)9-19(12,20)11(10)7-14(13)23-2/h6-8,15,17-18H,4-5,9H2,1-3H3/t15-,17+,18-,19-/m1/s1. The quantitative estimate of drug-likeness (QED) is 0.777. The van der Waals surface area contributed by atoms with E-state index in [0.717, 1.165) is 23.3 Å². The lowest BCUT2D eigenvalue weighted by Gasteiger charge is -2.48. The molecule has 6 heteroatoms. The van der Waals surface area contributed by atoms with E-state index in [9.17, 15) is 4.79 Å². The van der Waals surface area contributed by atoms with Crippen molar-refractivity contribution in [3.8, 4) is 11.5 Å². The van der Waals surface area contributed by atoms with Crippen LogP contribution in [0.4, 0.5) is 0 Å². The summed E-state index contributed by atoms with van der Waals surface area (Å²) in [5.74, 6) is 1.48. The van der Waals surface area contributed by atoms with Crippen molar-refractivity contribution in [1.82, 2.24) is 4.90 Å². The summed E-state index contributed by atoms with van der Waals surface area (Å²) in [5, 5.41) is 0. The number of hydrogen-bond acceptors (Lipinski definition) is 5. The van der Waals surface area contributed by atoms with E-state index in [-0.39, 0.29) is 24.2 Å². The fourth-order valence-electron chi connectivity index (χ4n) is 4.96. The van der Waals surface area contributed by atoms with Crippen molar-refractivity contribution in [2.75, 3.05) is 27.9 Å². The highest BCUT2D eigenvalue weighted by atomic mass is 16.6. The number of methoxy groups -OCH3 is 3. The minimum absolute atomic E-state index is 0.0189. The minimum Gasteiger partial charge on any atom is -0.493 e. The van der Waals surface area contributed by atoms with Crippen LogP contribution in [0.5, 0.6) is 11.5 Å². The Morgan fingerprint density at radius 1 is 1.20 bits per heavy atom. The van der Waals surface area contributed by atoms with Gasteiger partial charge in [0.1, 0.15) is 12.2 Å². The summed E-state index contributed by atoms with van der Waals surface area (Å²) in [4.78, 5) is 14.7. The van der Waals surface area contributed by atoms with Crippen molar-refractivity contribution in [3.05, 3.63) is 34.9 Å². The molecule has 5 rings (SSSR count). The molecule has 1 amide bonds. The van der Waals surface area contributed by atoms with E-state index in [1.165, 1.54) is 5.56 Å². The Morgan fingerprint density at radius 2 is 1.96 bits per heavy atom. The first-order chi connectivity index (χ1) is 12.1. The molecule has 1 spiro atoms. The van der Waals surface area contributed by atoms with E-state index >= 15 is 0 Å². The monoisotopic (exact) mass is 343 g/mol. The highest BCUT2D eigenvalue weighted by molar-refractivity contribution is 5.94. The maximum Gasteiger partial charge on any atom is 0.247 e. The average molecular weight is 343 g/mol. The van der Waals surface area contributed by atoms with E-state index in [4.69, 9.17) is 18.9 Å². The van der Waals surface area contributed by atoms with Crippen molar-refractivity contribution < 1.29 is 23.7 Å². The number of ether oxygens (including phenoxy) is 4. The van der Waals surface area contributed by atoms with Crippen molar-refractivity contribution >= 4 is 5.91 Å². The smallest absolute Gasteiger partial charge is 0.247 e. The topological polar surface area (TPSA) is 60.5 Å². The van der Waals surface area contributed by atoms with Gasteiger partial charge in [0.05, 0.1) is 25.9 Å². The SMILES string of the molecule is COc1cc2c(cc1OC)[C@]13C[C@@H](OC)[C@H]4O[C@H]4C1=CC(=O)N3CC2. The third kappa shape index (κ3) is 1.79. The summed E-state index contributed by atoms with van der Waals surface area (Å²) in [6.45, 7) is 0.690. The molecule has 0 radical (unpaired) electrons. The van der Waals surface area contributed by atoms with Crippen molar-refractivity contribution in [1.29, 1.82) is 0 Å². The summed E-state index contributed by atoms with van der Waals surface area (Å²) < 4.78 is 22.6. The molecule has 0 unspecified atom stereocenters. The zero-order chi connectivity index (χ0) is 17.3. The number of epoxide rings is 1. The van der Waals surface area contributed by atoms with Gasteiger partial charge in [0.2, 0.25) is 5.91 Å². The van der Waals surface area contributed by atoms with Gasteiger partial charge < -0.3 is 23.8 Å². The Bertz CT molecular complexity index is 803. The van der Waals surface area contributed by atoms with Crippen molar-refractivity contribution in [3.63, 3.8) is 0 Å². The van der Waals surface area contributed by atoms with Crippen LogP contribution in [-0.4, -0.2) is 57.0 Å². The first kappa shape index (κ1) is 15.2. The Balaban J connectivity index is 1.73. The second-order valence-electron chi connectivity index (χ2n) is 7.06. The van der Waals surface area contributed by atoms with Crippen LogP contribution in [0.15, 0.2) is 23.8 Å². The van der Waals surface area contributed by atoms with Gasteiger partial charge >= 0.3 is 0 Å². The lowest BCUT2D eigenvalue weighted by molar-refractivity contribution is -0.131. The van der Waals surface area contributed by atoms with Crippen LogP contribution in [0.3, 0.4) is 0 Å². The summed E-state index contributed by atoms with van der Waals surface area (Å²) in [6.07, 6.45) is 3.32. The van der Waals surface area contributed by atoms with Gasteiger partial charge in [-0.3, -0.25) is 4.79 Å². The third-order valence-corrected chi connectivity index (χ3v) is 6.14.